The summed E-state index contributed by atoms with van der Waals surface area (Å²) < 4.78 is 0. The quantitative estimate of drug-likeness (QED) is 0.765. The van der Waals surface area contributed by atoms with Crippen molar-refractivity contribution < 1.29 is 4.79 Å². The van der Waals surface area contributed by atoms with Crippen LogP contribution in [0.5, 0.6) is 0 Å². The second kappa shape index (κ2) is 7.09. The van der Waals surface area contributed by atoms with Crippen LogP contribution in [0.15, 0.2) is 18.3 Å². The second-order valence-corrected chi connectivity index (χ2v) is 4.85. The third kappa shape index (κ3) is 4.21. The van der Waals surface area contributed by atoms with Crippen molar-refractivity contribution in [3.63, 3.8) is 0 Å². The summed E-state index contributed by atoms with van der Waals surface area (Å²) in [6.45, 7) is 3.03. The molecule has 1 fully saturated rings. The van der Waals surface area contributed by atoms with Gasteiger partial charge in [0.25, 0.3) is 0 Å². The van der Waals surface area contributed by atoms with E-state index in [-0.39, 0.29) is 5.91 Å². The summed E-state index contributed by atoms with van der Waals surface area (Å²) in [7, 11) is 1.89. The number of rotatable bonds is 6. The third-order valence-corrected chi connectivity index (χ3v) is 3.29. The third-order valence-electron chi connectivity index (χ3n) is 3.29. The van der Waals surface area contributed by atoms with Crippen LogP contribution in [0.25, 0.3) is 0 Å². The first kappa shape index (κ1) is 13.8. The van der Waals surface area contributed by atoms with Crippen LogP contribution in [-0.4, -0.2) is 37.6 Å². The van der Waals surface area contributed by atoms with E-state index in [1.165, 1.54) is 12.8 Å². The van der Waals surface area contributed by atoms with E-state index < -0.39 is 0 Å². The van der Waals surface area contributed by atoms with Crippen molar-refractivity contribution in [2.75, 3.05) is 36.9 Å². The van der Waals surface area contributed by atoms with Crippen molar-refractivity contribution in [1.29, 1.82) is 0 Å². The van der Waals surface area contributed by atoms with Crippen LogP contribution in [0.4, 0.5) is 11.5 Å². The van der Waals surface area contributed by atoms with Crippen molar-refractivity contribution >= 4 is 17.4 Å². The zero-order chi connectivity index (χ0) is 13.5. The van der Waals surface area contributed by atoms with Gasteiger partial charge in [0.15, 0.2) is 0 Å². The van der Waals surface area contributed by atoms with Crippen molar-refractivity contribution in [2.45, 2.75) is 25.7 Å². The Morgan fingerprint density at radius 2 is 2.16 bits per heavy atom. The summed E-state index contributed by atoms with van der Waals surface area (Å²) in [5.74, 6) is 1.05. The fourth-order valence-electron chi connectivity index (χ4n) is 2.24. The first-order chi connectivity index (χ1) is 9.29. The van der Waals surface area contributed by atoms with Gasteiger partial charge in [0, 0.05) is 19.5 Å². The lowest BCUT2D eigenvalue weighted by Gasteiger charge is -2.16. The summed E-state index contributed by atoms with van der Waals surface area (Å²) >= 11 is 0. The number of carbonyl (C=O) groups is 1. The zero-order valence-electron chi connectivity index (χ0n) is 11.5. The summed E-state index contributed by atoms with van der Waals surface area (Å²) in [5, 5.41) is 5.90. The van der Waals surface area contributed by atoms with E-state index in [0.717, 1.165) is 37.6 Å². The van der Waals surface area contributed by atoms with Gasteiger partial charge in [-0.1, -0.05) is 0 Å². The average Bonchev–Trinajstić information content (AvgIpc) is 2.94. The van der Waals surface area contributed by atoms with E-state index in [4.69, 9.17) is 0 Å². The molecule has 1 aromatic rings. The molecule has 0 aromatic carbocycles. The Bertz CT molecular complexity index is 398. The van der Waals surface area contributed by atoms with Gasteiger partial charge in [0.1, 0.15) is 5.82 Å². The summed E-state index contributed by atoms with van der Waals surface area (Å²) in [4.78, 5) is 18.3. The second-order valence-electron chi connectivity index (χ2n) is 4.85. The van der Waals surface area contributed by atoms with Gasteiger partial charge in [-0.05, 0) is 45.0 Å². The molecule has 0 radical (unpaired) electrons. The lowest BCUT2D eigenvalue weighted by atomic mass is 10.3. The predicted molar refractivity (Wildman–Crippen MR) is 77.5 cm³/mol. The van der Waals surface area contributed by atoms with Gasteiger partial charge < -0.3 is 15.5 Å². The molecule has 5 heteroatoms. The molecule has 0 saturated carbocycles. The highest BCUT2D eigenvalue weighted by atomic mass is 16.1. The Balaban J connectivity index is 1.82. The number of nitrogens with zero attached hydrogens (tertiary/aromatic N) is 2. The van der Waals surface area contributed by atoms with Crippen LogP contribution >= 0.6 is 0 Å². The van der Waals surface area contributed by atoms with E-state index in [2.05, 4.69) is 20.5 Å². The van der Waals surface area contributed by atoms with Gasteiger partial charge in [-0.15, -0.1) is 0 Å². The SMILES string of the molecule is CNCCCC(=O)Nc1ccc(N2CCCC2)nc1. The molecule has 1 aromatic heterocycles. The highest BCUT2D eigenvalue weighted by molar-refractivity contribution is 5.90. The van der Waals surface area contributed by atoms with Crippen LogP contribution in [0.2, 0.25) is 0 Å². The first-order valence-electron chi connectivity index (χ1n) is 6.95. The molecular formula is C14H22N4O. The van der Waals surface area contributed by atoms with Gasteiger partial charge in [0.05, 0.1) is 11.9 Å². The normalized spacial score (nSPS) is 14.7. The van der Waals surface area contributed by atoms with Crippen molar-refractivity contribution in [2.24, 2.45) is 0 Å². The molecule has 1 saturated heterocycles. The topological polar surface area (TPSA) is 57.3 Å². The fourth-order valence-corrected chi connectivity index (χ4v) is 2.24. The zero-order valence-corrected chi connectivity index (χ0v) is 11.5. The first-order valence-corrected chi connectivity index (χ1v) is 6.95. The molecule has 19 heavy (non-hydrogen) atoms. The number of aromatic nitrogens is 1. The van der Waals surface area contributed by atoms with Crippen LogP contribution in [-0.2, 0) is 4.79 Å². The molecule has 2 heterocycles. The largest absolute Gasteiger partial charge is 0.357 e. The molecular weight excluding hydrogens is 240 g/mol. The lowest BCUT2D eigenvalue weighted by Crippen LogP contribution is -2.19. The van der Waals surface area contributed by atoms with Crippen LogP contribution in [0.3, 0.4) is 0 Å². The Labute approximate surface area is 114 Å². The number of hydrogen-bond acceptors (Lipinski definition) is 4. The molecule has 1 aliphatic heterocycles. The van der Waals surface area contributed by atoms with E-state index in [9.17, 15) is 4.79 Å². The predicted octanol–water partition coefficient (Wildman–Crippen LogP) is 1.62. The van der Waals surface area contributed by atoms with Gasteiger partial charge in [-0.2, -0.15) is 0 Å². The van der Waals surface area contributed by atoms with Crippen molar-refractivity contribution in [1.82, 2.24) is 10.3 Å². The lowest BCUT2D eigenvalue weighted by molar-refractivity contribution is -0.116. The number of hydrogen-bond donors (Lipinski definition) is 2. The minimum Gasteiger partial charge on any atom is -0.357 e. The Morgan fingerprint density at radius 1 is 1.37 bits per heavy atom. The van der Waals surface area contributed by atoms with E-state index in [1.54, 1.807) is 6.20 Å². The molecule has 2 rings (SSSR count). The molecule has 0 spiro atoms. The van der Waals surface area contributed by atoms with Gasteiger partial charge in [0.2, 0.25) is 5.91 Å². The summed E-state index contributed by atoms with van der Waals surface area (Å²) in [6, 6.07) is 3.91. The summed E-state index contributed by atoms with van der Waals surface area (Å²) in [6.07, 6.45) is 5.61. The molecule has 2 N–H and O–H groups in total. The van der Waals surface area contributed by atoms with Crippen LogP contribution in [0.1, 0.15) is 25.7 Å². The fraction of sp³-hybridized carbons (Fsp3) is 0.571. The van der Waals surface area contributed by atoms with Crippen LogP contribution < -0.4 is 15.5 Å². The smallest absolute Gasteiger partial charge is 0.224 e. The Hall–Kier alpha value is -1.62. The average molecular weight is 262 g/mol. The highest BCUT2D eigenvalue weighted by Gasteiger charge is 2.13. The molecule has 0 aliphatic carbocycles. The monoisotopic (exact) mass is 262 g/mol. The molecule has 104 valence electrons. The number of amides is 1. The van der Waals surface area contributed by atoms with Gasteiger partial charge in [-0.25, -0.2) is 4.98 Å². The van der Waals surface area contributed by atoms with E-state index in [0.29, 0.717) is 6.42 Å². The Kier molecular flexibility index (Phi) is 5.15. The highest BCUT2D eigenvalue weighted by Crippen LogP contribution is 2.19. The minimum atomic E-state index is 0.0472. The van der Waals surface area contributed by atoms with Gasteiger partial charge in [-0.3, -0.25) is 4.79 Å². The van der Waals surface area contributed by atoms with E-state index in [1.807, 2.05) is 19.2 Å². The maximum atomic E-state index is 11.7. The molecule has 0 unspecified atom stereocenters. The number of nitrogens with one attached hydrogen (secondary N) is 2. The number of pyridine rings is 1. The maximum absolute atomic E-state index is 11.7. The van der Waals surface area contributed by atoms with E-state index >= 15 is 0 Å². The number of anilines is 2. The molecule has 1 aliphatic rings. The maximum Gasteiger partial charge on any atom is 0.224 e. The number of carbonyl (C=O) groups excluding carboxylic acids is 1. The summed E-state index contributed by atoms with van der Waals surface area (Å²) in [5.41, 5.74) is 0.775. The Morgan fingerprint density at radius 3 is 2.79 bits per heavy atom. The standard InChI is InChI=1S/C14H22N4O/c1-15-8-4-5-14(19)17-12-6-7-13(16-11-12)18-9-2-3-10-18/h6-7,11,15H,2-5,8-10H2,1H3,(H,17,19). The minimum absolute atomic E-state index is 0.0472. The van der Waals surface area contributed by atoms with Crippen molar-refractivity contribution in [3.8, 4) is 0 Å². The molecule has 0 atom stereocenters. The molecule has 5 nitrogen and oxygen atoms in total. The molecule has 1 amide bonds. The van der Waals surface area contributed by atoms with Crippen molar-refractivity contribution in [3.05, 3.63) is 18.3 Å². The van der Waals surface area contributed by atoms with Gasteiger partial charge >= 0.3 is 0 Å². The molecule has 0 bridgehead atoms. The van der Waals surface area contributed by atoms with Crippen LogP contribution in [0, 0.1) is 0 Å².